The number of anilines is 1. The van der Waals surface area contributed by atoms with Crippen molar-refractivity contribution in [3.8, 4) is 0 Å². The molecule has 140 valence electrons. The largest absolute Gasteiger partial charge is 0.322 e. The summed E-state index contributed by atoms with van der Waals surface area (Å²) in [7, 11) is 0. The van der Waals surface area contributed by atoms with E-state index in [1.165, 1.54) is 41.3 Å². The van der Waals surface area contributed by atoms with Crippen LogP contribution in [0.3, 0.4) is 0 Å². The standard InChI is InChI=1S/C19H16ClF2N3O2/c1-19(2)24-17(11-3-6-13(21)7-4-11)18(27)25(19)10-16(26)23-15-8-5-12(20)9-14(15)22/h3-9H,10H2,1-2H3,(H,23,26). The first-order valence-electron chi connectivity index (χ1n) is 8.10. The van der Waals surface area contributed by atoms with Crippen LogP contribution in [0, 0.1) is 11.6 Å². The molecular weight excluding hydrogens is 376 g/mol. The Labute approximate surface area is 159 Å². The highest BCUT2D eigenvalue weighted by molar-refractivity contribution is 6.47. The Morgan fingerprint density at radius 2 is 1.85 bits per heavy atom. The quantitative estimate of drug-likeness (QED) is 0.865. The average Bonchev–Trinajstić information content (AvgIpc) is 2.82. The average molecular weight is 392 g/mol. The molecule has 2 aromatic rings. The predicted octanol–water partition coefficient (Wildman–Crippen LogP) is 3.62. The molecule has 0 fully saturated rings. The van der Waals surface area contributed by atoms with Gasteiger partial charge in [0.1, 0.15) is 29.6 Å². The zero-order valence-corrected chi connectivity index (χ0v) is 15.3. The van der Waals surface area contributed by atoms with Gasteiger partial charge in [0.2, 0.25) is 5.91 Å². The van der Waals surface area contributed by atoms with Crippen molar-refractivity contribution in [1.82, 2.24) is 4.90 Å². The van der Waals surface area contributed by atoms with Crippen molar-refractivity contribution in [1.29, 1.82) is 0 Å². The van der Waals surface area contributed by atoms with Gasteiger partial charge in [0.05, 0.1) is 5.69 Å². The van der Waals surface area contributed by atoms with Gasteiger partial charge in [0.15, 0.2) is 0 Å². The molecule has 0 radical (unpaired) electrons. The fourth-order valence-electron chi connectivity index (χ4n) is 2.74. The Kier molecular flexibility index (Phi) is 4.97. The number of hydrogen-bond donors (Lipinski definition) is 1. The summed E-state index contributed by atoms with van der Waals surface area (Å²) in [5.41, 5.74) is -0.406. The number of nitrogens with zero attached hydrogens (tertiary/aromatic N) is 2. The molecule has 0 bridgehead atoms. The van der Waals surface area contributed by atoms with E-state index in [2.05, 4.69) is 10.3 Å². The van der Waals surface area contributed by atoms with Gasteiger partial charge in [-0.2, -0.15) is 0 Å². The Morgan fingerprint density at radius 1 is 1.19 bits per heavy atom. The number of aliphatic imine (C=N–C) groups is 1. The summed E-state index contributed by atoms with van der Waals surface area (Å²) in [4.78, 5) is 30.7. The second-order valence-electron chi connectivity index (χ2n) is 6.53. The van der Waals surface area contributed by atoms with Crippen LogP contribution in [0.25, 0.3) is 0 Å². The Hall–Kier alpha value is -2.80. The molecule has 1 aliphatic heterocycles. The molecule has 0 atom stereocenters. The van der Waals surface area contributed by atoms with Gasteiger partial charge in [-0.1, -0.05) is 11.6 Å². The molecule has 0 spiro atoms. The molecular formula is C19H16ClF2N3O2. The lowest BCUT2D eigenvalue weighted by Crippen LogP contribution is -2.46. The van der Waals surface area contributed by atoms with Crippen LogP contribution >= 0.6 is 11.6 Å². The topological polar surface area (TPSA) is 61.8 Å². The van der Waals surface area contributed by atoms with Crippen molar-refractivity contribution >= 4 is 34.8 Å². The lowest BCUT2D eigenvalue weighted by molar-refractivity contribution is -0.131. The van der Waals surface area contributed by atoms with Crippen LogP contribution in [0.5, 0.6) is 0 Å². The lowest BCUT2D eigenvalue weighted by Gasteiger charge is -2.28. The zero-order valence-electron chi connectivity index (χ0n) is 14.6. The first-order chi connectivity index (χ1) is 12.7. The van der Waals surface area contributed by atoms with E-state index < -0.39 is 29.1 Å². The molecule has 0 saturated heterocycles. The normalized spacial score (nSPS) is 15.7. The van der Waals surface area contributed by atoms with E-state index in [0.717, 1.165) is 6.07 Å². The van der Waals surface area contributed by atoms with Gasteiger partial charge in [0, 0.05) is 10.6 Å². The van der Waals surface area contributed by atoms with Gasteiger partial charge in [0.25, 0.3) is 5.91 Å². The third kappa shape index (κ3) is 3.98. The van der Waals surface area contributed by atoms with E-state index in [9.17, 15) is 18.4 Å². The number of halogens is 3. The molecule has 0 saturated carbocycles. The van der Waals surface area contributed by atoms with Crippen LogP contribution in [-0.4, -0.2) is 34.6 Å². The SMILES string of the molecule is CC1(C)N=C(c2ccc(F)cc2)C(=O)N1CC(=O)Nc1ccc(Cl)cc1F. The van der Waals surface area contributed by atoms with E-state index in [-0.39, 0.29) is 23.0 Å². The predicted molar refractivity (Wildman–Crippen MR) is 98.8 cm³/mol. The summed E-state index contributed by atoms with van der Waals surface area (Å²) in [5.74, 6) is -2.14. The molecule has 0 aliphatic carbocycles. The number of rotatable bonds is 4. The highest BCUT2D eigenvalue weighted by Crippen LogP contribution is 2.26. The summed E-state index contributed by atoms with van der Waals surface area (Å²) in [6.45, 7) is 3.04. The third-order valence-corrected chi connectivity index (χ3v) is 4.35. The summed E-state index contributed by atoms with van der Waals surface area (Å²) in [6.07, 6.45) is 0. The second-order valence-corrected chi connectivity index (χ2v) is 6.96. The molecule has 2 aromatic carbocycles. The summed E-state index contributed by atoms with van der Waals surface area (Å²) < 4.78 is 26.9. The van der Waals surface area contributed by atoms with Crippen molar-refractivity contribution in [2.75, 3.05) is 11.9 Å². The molecule has 2 amide bonds. The van der Waals surface area contributed by atoms with Gasteiger partial charge < -0.3 is 10.2 Å². The molecule has 5 nitrogen and oxygen atoms in total. The number of amides is 2. The number of hydrogen-bond acceptors (Lipinski definition) is 3. The van der Waals surface area contributed by atoms with Crippen molar-refractivity contribution in [3.63, 3.8) is 0 Å². The Morgan fingerprint density at radius 3 is 2.48 bits per heavy atom. The van der Waals surface area contributed by atoms with Crippen LogP contribution in [0.15, 0.2) is 47.5 Å². The van der Waals surface area contributed by atoms with Gasteiger partial charge >= 0.3 is 0 Å². The molecule has 1 N–H and O–H groups in total. The third-order valence-electron chi connectivity index (χ3n) is 4.12. The zero-order chi connectivity index (χ0) is 19.8. The van der Waals surface area contributed by atoms with E-state index >= 15 is 0 Å². The molecule has 8 heteroatoms. The van der Waals surface area contributed by atoms with Crippen LogP contribution in [-0.2, 0) is 9.59 Å². The molecule has 1 aliphatic rings. The maximum atomic E-state index is 13.8. The first kappa shape index (κ1) is 19.0. The number of carbonyl (C=O) groups excluding carboxylic acids is 2. The van der Waals surface area contributed by atoms with Crippen molar-refractivity contribution in [2.24, 2.45) is 4.99 Å². The monoisotopic (exact) mass is 391 g/mol. The lowest BCUT2D eigenvalue weighted by atomic mass is 10.1. The van der Waals surface area contributed by atoms with E-state index in [1.807, 2.05) is 0 Å². The second kappa shape index (κ2) is 7.08. The van der Waals surface area contributed by atoms with Crippen molar-refractivity contribution in [3.05, 3.63) is 64.7 Å². The first-order valence-corrected chi connectivity index (χ1v) is 8.48. The molecule has 3 rings (SSSR count). The van der Waals surface area contributed by atoms with Gasteiger partial charge in [-0.05, 0) is 56.3 Å². The Balaban J connectivity index is 1.76. The fourth-order valence-corrected chi connectivity index (χ4v) is 2.90. The summed E-state index contributed by atoms with van der Waals surface area (Å²) >= 11 is 5.69. The van der Waals surface area contributed by atoms with Crippen LogP contribution in [0.2, 0.25) is 5.02 Å². The maximum absolute atomic E-state index is 13.8. The highest BCUT2D eigenvalue weighted by atomic mass is 35.5. The number of nitrogens with one attached hydrogen (secondary N) is 1. The molecule has 0 aromatic heterocycles. The van der Waals surface area contributed by atoms with Crippen LogP contribution in [0.4, 0.5) is 14.5 Å². The molecule has 27 heavy (non-hydrogen) atoms. The summed E-state index contributed by atoms with van der Waals surface area (Å²) in [6, 6.07) is 9.24. The number of benzene rings is 2. The van der Waals surface area contributed by atoms with Gasteiger partial charge in [-0.25, -0.2) is 8.78 Å². The van der Waals surface area contributed by atoms with E-state index in [1.54, 1.807) is 13.8 Å². The van der Waals surface area contributed by atoms with Crippen molar-refractivity contribution in [2.45, 2.75) is 19.5 Å². The Bertz CT molecular complexity index is 942. The van der Waals surface area contributed by atoms with E-state index in [4.69, 9.17) is 11.6 Å². The number of carbonyl (C=O) groups is 2. The smallest absolute Gasteiger partial charge is 0.275 e. The fraction of sp³-hybridized carbons (Fsp3) is 0.211. The van der Waals surface area contributed by atoms with Crippen molar-refractivity contribution < 1.29 is 18.4 Å². The minimum atomic E-state index is -0.976. The van der Waals surface area contributed by atoms with Crippen LogP contribution in [0.1, 0.15) is 19.4 Å². The minimum absolute atomic E-state index is 0.0338. The highest BCUT2D eigenvalue weighted by Gasteiger charge is 2.41. The van der Waals surface area contributed by atoms with Crippen LogP contribution < -0.4 is 5.32 Å². The minimum Gasteiger partial charge on any atom is -0.322 e. The maximum Gasteiger partial charge on any atom is 0.275 e. The molecule has 1 heterocycles. The van der Waals surface area contributed by atoms with Gasteiger partial charge in [-0.3, -0.25) is 14.6 Å². The van der Waals surface area contributed by atoms with E-state index in [0.29, 0.717) is 5.56 Å². The molecule has 0 unspecified atom stereocenters. The van der Waals surface area contributed by atoms with Gasteiger partial charge in [-0.15, -0.1) is 0 Å². The summed E-state index contributed by atoms with van der Waals surface area (Å²) in [5, 5.41) is 2.62.